The second kappa shape index (κ2) is 6.75. The molecule has 2 rings (SSSR count). The van der Waals surface area contributed by atoms with E-state index in [4.69, 9.17) is 10.5 Å². The van der Waals surface area contributed by atoms with Crippen molar-refractivity contribution in [2.24, 2.45) is 0 Å². The molecule has 1 saturated heterocycles. The average Bonchev–Trinajstić information content (AvgIpc) is 2.85. The molecule has 1 aliphatic rings. The van der Waals surface area contributed by atoms with Crippen molar-refractivity contribution in [1.29, 1.82) is 0 Å². The number of hydrogen-bond donors (Lipinski definition) is 3. The molecule has 0 saturated carbocycles. The molecule has 106 valence electrons. The number of nitrogen functional groups attached to an aromatic ring is 1. The van der Waals surface area contributed by atoms with Crippen LogP contribution in [0.4, 0.5) is 5.69 Å². The van der Waals surface area contributed by atoms with Gasteiger partial charge in [0, 0.05) is 12.6 Å². The van der Waals surface area contributed by atoms with Gasteiger partial charge in [-0.3, -0.25) is 4.90 Å². The van der Waals surface area contributed by atoms with Crippen LogP contribution in [0.5, 0.6) is 5.75 Å². The van der Waals surface area contributed by atoms with Crippen LogP contribution in [0.1, 0.15) is 12.8 Å². The van der Waals surface area contributed by atoms with Crippen molar-refractivity contribution in [2.45, 2.75) is 25.0 Å². The molecule has 0 bridgehead atoms. The number of likely N-dealkylation sites (tertiary alicyclic amines) is 1. The fourth-order valence-corrected chi connectivity index (χ4v) is 2.46. The van der Waals surface area contributed by atoms with Gasteiger partial charge < -0.3 is 20.7 Å². The molecule has 1 aliphatic heterocycles. The number of nitrogens with two attached hydrogens (primary N) is 1. The average molecular weight is 266 g/mol. The second-order valence-corrected chi connectivity index (χ2v) is 4.98. The van der Waals surface area contributed by atoms with Gasteiger partial charge in [0.25, 0.3) is 0 Å². The molecule has 2 atom stereocenters. The number of rotatable bonds is 6. The Morgan fingerprint density at radius 1 is 1.42 bits per heavy atom. The molecule has 0 spiro atoms. The molecule has 0 radical (unpaired) electrons. The van der Waals surface area contributed by atoms with Gasteiger partial charge in [-0.2, -0.15) is 0 Å². The second-order valence-electron chi connectivity index (χ2n) is 4.98. The molecule has 19 heavy (non-hydrogen) atoms. The van der Waals surface area contributed by atoms with E-state index >= 15 is 0 Å². The van der Waals surface area contributed by atoms with Gasteiger partial charge in [-0.25, -0.2) is 0 Å². The summed E-state index contributed by atoms with van der Waals surface area (Å²) in [6.07, 6.45) is 1.49. The maximum Gasteiger partial charge on any atom is 0.142 e. The Morgan fingerprint density at radius 2 is 2.21 bits per heavy atom. The minimum absolute atomic E-state index is 0.152. The van der Waals surface area contributed by atoms with Crippen LogP contribution in [0.25, 0.3) is 0 Å². The zero-order valence-electron chi connectivity index (χ0n) is 11.0. The van der Waals surface area contributed by atoms with Gasteiger partial charge in [-0.15, -0.1) is 0 Å². The quantitative estimate of drug-likeness (QED) is 0.652. The van der Waals surface area contributed by atoms with Crippen molar-refractivity contribution in [2.75, 3.05) is 32.0 Å². The van der Waals surface area contributed by atoms with Crippen LogP contribution in [0.15, 0.2) is 24.3 Å². The standard InChI is InChI=1S/C14H22N2O3/c15-13-5-1-2-6-14(13)19-10-12(18)8-16-7-3-4-11(16)9-17/h1-2,5-6,11-12,17-18H,3-4,7-10,15H2. The highest BCUT2D eigenvalue weighted by Gasteiger charge is 2.25. The van der Waals surface area contributed by atoms with Crippen LogP contribution in [-0.2, 0) is 0 Å². The van der Waals surface area contributed by atoms with Crippen molar-refractivity contribution >= 4 is 5.69 Å². The molecule has 5 heteroatoms. The summed E-state index contributed by atoms with van der Waals surface area (Å²) in [5.41, 5.74) is 6.34. The first-order valence-electron chi connectivity index (χ1n) is 6.71. The van der Waals surface area contributed by atoms with E-state index in [0.717, 1.165) is 19.4 Å². The van der Waals surface area contributed by atoms with Crippen LogP contribution in [0.2, 0.25) is 0 Å². The number of para-hydroxylation sites is 2. The summed E-state index contributed by atoms with van der Waals surface area (Å²) in [5, 5.41) is 19.2. The highest BCUT2D eigenvalue weighted by molar-refractivity contribution is 5.51. The smallest absolute Gasteiger partial charge is 0.142 e. The molecule has 0 aliphatic carbocycles. The number of aliphatic hydroxyl groups is 2. The maximum atomic E-state index is 9.99. The van der Waals surface area contributed by atoms with Crippen molar-refractivity contribution in [3.05, 3.63) is 24.3 Å². The number of aliphatic hydroxyl groups excluding tert-OH is 2. The number of β-amino-alcohol motifs (C(OH)–C–C–N with tert-alkyl or cyclic N) is 1. The molecular weight excluding hydrogens is 244 g/mol. The van der Waals surface area contributed by atoms with Gasteiger partial charge in [-0.1, -0.05) is 12.1 Å². The monoisotopic (exact) mass is 266 g/mol. The van der Waals surface area contributed by atoms with Crippen molar-refractivity contribution in [1.82, 2.24) is 4.90 Å². The van der Waals surface area contributed by atoms with E-state index in [1.54, 1.807) is 12.1 Å². The predicted molar refractivity (Wildman–Crippen MR) is 74.0 cm³/mol. The third-order valence-corrected chi connectivity index (χ3v) is 3.51. The Hall–Kier alpha value is -1.30. The Morgan fingerprint density at radius 3 is 2.95 bits per heavy atom. The third-order valence-electron chi connectivity index (χ3n) is 3.51. The lowest BCUT2D eigenvalue weighted by molar-refractivity contribution is 0.0535. The van der Waals surface area contributed by atoms with E-state index in [1.807, 2.05) is 12.1 Å². The summed E-state index contributed by atoms with van der Waals surface area (Å²) < 4.78 is 5.51. The maximum absolute atomic E-state index is 9.99. The first kappa shape index (κ1) is 14.1. The van der Waals surface area contributed by atoms with E-state index in [1.165, 1.54) is 0 Å². The van der Waals surface area contributed by atoms with Crippen LogP contribution >= 0.6 is 0 Å². The largest absolute Gasteiger partial charge is 0.489 e. The molecule has 0 aromatic heterocycles. The lowest BCUT2D eigenvalue weighted by Crippen LogP contribution is -2.40. The molecule has 1 aromatic carbocycles. The number of benzene rings is 1. The van der Waals surface area contributed by atoms with Gasteiger partial charge in [0.2, 0.25) is 0 Å². The van der Waals surface area contributed by atoms with Crippen molar-refractivity contribution in [3.63, 3.8) is 0 Å². The minimum Gasteiger partial charge on any atom is -0.489 e. The fourth-order valence-electron chi connectivity index (χ4n) is 2.46. The van der Waals surface area contributed by atoms with Crippen molar-refractivity contribution in [3.8, 4) is 5.75 Å². The van der Waals surface area contributed by atoms with Gasteiger partial charge in [0.1, 0.15) is 18.5 Å². The van der Waals surface area contributed by atoms with Gasteiger partial charge in [0.05, 0.1) is 12.3 Å². The highest BCUT2D eigenvalue weighted by atomic mass is 16.5. The predicted octanol–water partition coefficient (Wildman–Crippen LogP) is 0.465. The first-order chi connectivity index (χ1) is 9.20. The summed E-state index contributed by atoms with van der Waals surface area (Å²) in [6, 6.07) is 7.42. The SMILES string of the molecule is Nc1ccccc1OCC(O)CN1CCCC1CO. The number of ether oxygens (including phenoxy) is 1. The van der Waals surface area contributed by atoms with Crippen LogP contribution < -0.4 is 10.5 Å². The van der Waals surface area contributed by atoms with Gasteiger partial charge in [-0.05, 0) is 31.5 Å². The first-order valence-corrected chi connectivity index (χ1v) is 6.71. The Labute approximate surface area is 113 Å². The molecule has 2 unspecified atom stereocenters. The molecule has 5 nitrogen and oxygen atoms in total. The Kier molecular flexibility index (Phi) is 5.01. The van der Waals surface area contributed by atoms with Crippen molar-refractivity contribution < 1.29 is 14.9 Å². The summed E-state index contributed by atoms with van der Waals surface area (Å²) in [7, 11) is 0. The summed E-state index contributed by atoms with van der Waals surface area (Å²) in [4.78, 5) is 2.11. The van der Waals surface area contributed by atoms with E-state index in [0.29, 0.717) is 18.0 Å². The third kappa shape index (κ3) is 3.83. The molecule has 1 aromatic rings. The summed E-state index contributed by atoms with van der Waals surface area (Å²) in [5.74, 6) is 0.599. The lowest BCUT2D eigenvalue weighted by atomic mass is 10.2. The zero-order valence-corrected chi connectivity index (χ0v) is 11.0. The Balaban J connectivity index is 1.78. The summed E-state index contributed by atoms with van der Waals surface area (Å²) >= 11 is 0. The normalized spacial score (nSPS) is 21.5. The molecule has 4 N–H and O–H groups in total. The number of hydrogen-bond acceptors (Lipinski definition) is 5. The van der Waals surface area contributed by atoms with Gasteiger partial charge in [0.15, 0.2) is 0 Å². The molecule has 1 fully saturated rings. The zero-order chi connectivity index (χ0) is 13.7. The molecular formula is C14H22N2O3. The minimum atomic E-state index is -0.577. The van der Waals surface area contributed by atoms with E-state index in [-0.39, 0.29) is 19.3 Å². The topological polar surface area (TPSA) is 79.0 Å². The van der Waals surface area contributed by atoms with E-state index in [2.05, 4.69) is 4.90 Å². The highest BCUT2D eigenvalue weighted by Crippen LogP contribution is 2.20. The van der Waals surface area contributed by atoms with Crippen LogP contribution in [-0.4, -0.2) is 53.6 Å². The van der Waals surface area contributed by atoms with Crippen LogP contribution in [0.3, 0.4) is 0 Å². The van der Waals surface area contributed by atoms with E-state index in [9.17, 15) is 10.2 Å². The lowest BCUT2D eigenvalue weighted by Gasteiger charge is -2.25. The molecule has 0 amide bonds. The van der Waals surface area contributed by atoms with Crippen LogP contribution in [0, 0.1) is 0 Å². The number of nitrogens with zero attached hydrogens (tertiary/aromatic N) is 1. The fraction of sp³-hybridized carbons (Fsp3) is 0.571. The number of anilines is 1. The van der Waals surface area contributed by atoms with Gasteiger partial charge >= 0.3 is 0 Å². The van der Waals surface area contributed by atoms with E-state index < -0.39 is 6.10 Å². The molecule has 1 heterocycles. The Bertz CT molecular complexity index is 400. The summed E-state index contributed by atoms with van der Waals surface area (Å²) in [6.45, 7) is 1.82.